The first-order chi connectivity index (χ1) is 12.6. The van der Waals surface area contributed by atoms with E-state index in [-0.39, 0.29) is 11.9 Å². The van der Waals surface area contributed by atoms with Gasteiger partial charge in [0.2, 0.25) is 0 Å². The van der Waals surface area contributed by atoms with Crippen LogP contribution in [0.3, 0.4) is 0 Å². The molecular formula is C21H25ClN2OS. The smallest absolute Gasteiger partial charge is 0.251 e. The van der Waals surface area contributed by atoms with Crippen LogP contribution in [0.4, 0.5) is 0 Å². The van der Waals surface area contributed by atoms with E-state index in [1.54, 1.807) is 11.8 Å². The molecule has 0 aromatic heterocycles. The lowest BCUT2D eigenvalue weighted by molar-refractivity contribution is 0.0909. The Labute approximate surface area is 165 Å². The lowest BCUT2D eigenvalue weighted by atomic mass is 10.0. The van der Waals surface area contributed by atoms with Crippen LogP contribution in [0.15, 0.2) is 48.5 Å². The van der Waals surface area contributed by atoms with Crippen molar-refractivity contribution in [3.05, 3.63) is 70.2 Å². The van der Waals surface area contributed by atoms with E-state index in [9.17, 15) is 4.79 Å². The van der Waals surface area contributed by atoms with Gasteiger partial charge in [0.25, 0.3) is 5.91 Å². The third-order valence-corrected chi connectivity index (χ3v) is 5.64. The number of likely N-dealkylation sites (tertiary alicyclic amines) is 1. The molecule has 2 aromatic rings. The van der Waals surface area contributed by atoms with Crippen LogP contribution >= 0.6 is 23.4 Å². The van der Waals surface area contributed by atoms with Crippen molar-refractivity contribution >= 4 is 29.3 Å². The van der Waals surface area contributed by atoms with Gasteiger partial charge in [-0.2, -0.15) is 11.8 Å². The molecule has 0 bridgehead atoms. The largest absolute Gasteiger partial charge is 0.349 e. The average Bonchev–Trinajstić information content (AvgIpc) is 2.66. The Bertz CT molecular complexity index is 710. The standard InChI is InChI=1S/C21H25ClN2OS/c1-26-15-17-2-6-18(7-3-17)21(25)23-20-10-12-24(13-11-20)14-16-4-8-19(22)9-5-16/h2-9,20H,10-15H2,1H3,(H,23,25). The summed E-state index contributed by atoms with van der Waals surface area (Å²) in [6, 6.07) is 16.2. The summed E-state index contributed by atoms with van der Waals surface area (Å²) >= 11 is 7.73. The number of benzene rings is 2. The predicted molar refractivity (Wildman–Crippen MR) is 111 cm³/mol. The van der Waals surface area contributed by atoms with E-state index < -0.39 is 0 Å². The van der Waals surface area contributed by atoms with Crippen LogP contribution in [-0.2, 0) is 12.3 Å². The fraction of sp³-hybridized carbons (Fsp3) is 0.381. The zero-order valence-electron chi connectivity index (χ0n) is 15.1. The minimum Gasteiger partial charge on any atom is -0.349 e. The number of piperidine rings is 1. The van der Waals surface area contributed by atoms with E-state index >= 15 is 0 Å². The lowest BCUT2D eigenvalue weighted by Crippen LogP contribution is -2.44. The molecule has 1 N–H and O–H groups in total. The number of rotatable bonds is 6. The Morgan fingerprint density at radius 2 is 1.69 bits per heavy atom. The van der Waals surface area contributed by atoms with Gasteiger partial charge in [-0.15, -0.1) is 0 Å². The van der Waals surface area contributed by atoms with Crippen LogP contribution in [0.5, 0.6) is 0 Å². The number of nitrogens with one attached hydrogen (secondary N) is 1. The van der Waals surface area contributed by atoms with E-state index in [4.69, 9.17) is 11.6 Å². The summed E-state index contributed by atoms with van der Waals surface area (Å²) in [4.78, 5) is 14.9. The van der Waals surface area contributed by atoms with Crippen LogP contribution < -0.4 is 5.32 Å². The second kappa shape index (κ2) is 9.45. The van der Waals surface area contributed by atoms with Crippen LogP contribution in [0.25, 0.3) is 0 Å². The zero-order chi connectivity index (χ0) is 18.4. The molecule has 1 fully saturated rings. The Balaban J connectivity index is 1.45. The molecule has 3 nitrogen and oxygen atoms in total. The van der Waals surface area contributed by atoms with Gasteiger partial charge in [0.15, 0.2) is 0 Å². The predicted octanol–water partition coefficient (Wildman–Crippen LogP) is 4.60. The average molecular weight is 389 g/mol. The monoisotopic (exact) mass is 388 g/mol. The Morgan fingerprint density at radius 1 is 1.08 bits per heavy atom. The second-order valence-corrected chi connectivity index (χ2v) is 8.08. The molecule has 1 aliphatic heterocycles. The highest BCUT2D eigenvalue weighted by Gasteiger charge is 2.21. The first-order valence-corrected chi connectivity index (χ1v) is 10.8. The summed E-state index contributed by atoms with van der Waals surface area (Å²) in [6.07, 6.45) is 4.06. The lowest BCUT2D eigenvalue weighted by Gasteiger charge is -2.32. The highest BCUT2D eigenvalue weighted by molar-refractivity contribution is 7.97. The maximum absolute atomic E-state index is 12.4. The highest BCUT2D eigenvalue weighted by Crippen LogP contribution is 2.17. The van der Waals surface area contributed by atoms with E-state index in [0.29, 0.717) is 0 Å². The van der Waals surface area contributed by atoms with Crippen molar-refractivity contribution < 1.29 is 4.79 Å². The summed E-state index contributed by atoms with van der Waals surface area (Å²) in [5, 5.41) is 3.96. The summed E-state index contributed by atoms with van der Waals surface area (Å²) in [6.45, 7) is 2.94. The Morgan fingerprint density at radius 3 is 2.31 bits per heavy atom. The second-order valence-electron chi connectivity index (χ2n) is 6.78. The van der Waals surface area contributed by atoms with E-state index in [0.717, 1.165) is 48.8 Å². The number of hydrogen-bond acceptors (Lipinski definition) is 3. The van der Waals surface area contributed by atoms with Crippen molar-refractivity contribution in [2.75, 3.05) is 19.3 Å². The van der Waals surface area contributed by atoms with Gasteiger partial charge >= 0.3 is 0 Å². The number of halogens is 1. The normalized spacial score (nSPS) is 15.8. The number of thioether (sulfide) groups is 1. The third kappa shape index (κ3) is 5.50. The van der Waals surface area contributed by atoms with Gasteiger partial charge in [-0.1, -0.05) is 35.9 Å². The summed E-state index contributed by atoms with van der Waals surface area (Å²) in [5.74, 6) is 1.02. The molecule has 5 heteroatoms. The molecule has 26 heavy (non-hydrogen) atoms. The maximum atomic E-state index is 12.4. The molecule has 138 valence electrons. The van der Waals surface area contributed by atoms with E-state index in [2.05, 4.69) is 28.6 Å². The number of amides is 1. The van der Waals surface area contributed by atoms with Crippen LogP contribution in [0.1, 0.15) is 34.3 Å². The molecule has 0 radical (unpaired) electrons. The van der Waals surface area contributed by atoms with Gasteiger partial charge < -0.3 is 5.32 Å². The first kappa shape index (κ1) is 19.3. The van der Waals surface area contributed by atoms with Crippen molar-refractivity contribution in [1.29, 1.82) is 0 Å². The summed E-state index contributed by atoms with van der Waals surface area (Å²) < 4.78 is 0. The van der Waals surface area contributed by atoms with E-state index in [1.807, 2.05) is 36.4 Å². The Kier molecular flexibility index (Phi) is 7.00. The van der Waals surface area contributed by atoms with E-state index in [1.165, 1.54) is 11.1 Å². The highest BCUT2D eigenvalue weighted by atomic mass is 35.5. The molecule has 0 atom stereocenters. The summed E-state index contributed by atoms with van der Waals surface area (Å²) in [7, 11) is 0. The number of nitrogens with zero attached hydrogens (tertiary/aromatic N) is 1. The van der Waals surface area contributed by atoms with Gasteiger partial charge in [-0.25, -0.2) is 0 Å². The quantitative estimate of drug-likeness (QED) is 0.785. The molecule has 1 amide bonds. The number of carbonyl (C=O) groups is 1. The van der Waals surface area contributed by atoms with Crippen LogP contribution in [-0.4, -0.2) is 36.2 Å². The molecule has 0 saturated carbocycles. The van der Waals surface area contributed by atoms with Gasteiger partial charge in [0, 0.05) is 42.0 Å². The van der Waals surface area contributed by atoms with Gasteiger partial charge in [-0.3, -0.25) is 9.69 Å². The third-order valence-electron chi connectivity index (χ3n) is 4.77. The fourth-order valence-corrected chi connectivity index (χ4v) is 3.92. The topological polar surface area (TPSA) is 32.3 Å². The molecule has 1 saturated heterocycles. The first-order valence-electron chi connectivity index (χ1n) is 8.99. The molecule has 1 aliphatic rings. The Hall–Kier alpha value is -1.49. The molecule has 2 aromatic carbocycles. The fourth-order valence-electron chi connectivity index (χ4n) is 3.27. The number of hydrogen-bond donors (Lipinski definition) is 1. The van der Waals surface area contributed by atoms with Crippen molar-refractivity contribution in [1.82, 2.24) is 10.2 Å². The summed E-state index contributed by atoms with van der Waals surface area (Å²) in [5.41, 5.74) is 3.28. The minimum absolute atomic E-state index is 0.0388. The molecule has 0 aliphatic carbocycles. The van der Waals surface area contributed by atoms with Crippen LogP contribution in [0, 0.1) is 0 Å². The molecule has 0 spiro atoms. The van der Waals surface area contributed by atoms with Crippen molar-refractivity contribution in [2.24, 2.45) is 0 Å². The van der Waals surface area contributed by atoms with Crippen molar-refractivity contribution in [3.63, 3.8) is 0 Å². The van der Waals surface area contributed by atoms with Crippen LogP contribution in [0.2, 0.25) is 5.02 Å². The maximum Gasteiger partial charge on any atom is 0.251 e. The zero-order valence-corrected chi connectivity index (χ0v) is 16.7. The van der Waals surface area contributed by atoms with Gasteiger partial charge in [0.05, 0.1) is 0 Å². The van der Waals surface area contributed by atoms with Gasteiger partial charge in [-0.05, 0) is 54.5 Å². The molecular weight excluding hydrogens is 364 g/mol. The van der Waals surface area contributed by atoms with Crippen molar-refractivity contribution in [3.8, 4) is 0 Å². The molecule has 1 heterocycles. The molecule has 3 rings (SSSR count). The van der Waals surface area contributed by atoms with Crippen molar-refractivity contribution in [2.45, 2.75) is 31.2 Å². The molecule has 0 unspecified atom stereocenters. The minimum atomic E-state index is 0.0388. The SMILES string of the molecule is CSCc1ccc(C(=O)NC2CCN(Cc3ccc(Cl)cc3)CC2)cc1. The van der Waals surface area contributed by atoms with Gasteiger partial charge in [0.1, 0.15) is 0 Å². The number of carbonyl (C=O) groups excluding carboxylic acids is 1.